The summed E-state index contributed by atoms with van der Waals surface area (Å²) >= 11 is 0. The second-order valence-electron chi connectivity index (χ2n) is 23.5. The van der Waals surface area contributed by atoms with Crippen molar-refractivity contribution >= 4 is 11.9 Å². The van der Waals surface area contributed by atoms with Crippen molar-refractivity contribution in [3.63, 3.8) is 0 Å². The van der Waals surface area contributed by atoms with Crippen molar-refractivity contribution in [3.8, 4) is 0 Å². The summed E-state index contributed by atoms with van der Waals surface area (Å²) in [5.41, 5.74) is 0. The topological polar surface area (TPSA) is 95.9 Å². The lowest BCUT2D eigenvalue weighted by Crippen LogP contribution is -2.45. The van der Waals surface area contributed by atoms with Crippen molar-refractivity contribution in [2.75, 3.05) is 13.2 Å². The zero-order chi connectivity index (χ0) is 55.0. The third-order valence-electron chi connectivity index (χ3n) is 15.9. The fraction of sp³-hybridized carbons (Fsp3) is 0.886. The van der Waals surface area contributed by atoms with Crippen LogP contribution >= 0.6 is 0 Å². The third kappa shape index (κ3) is 61.3. The fourth-order valence-electron chi connectivity index (χ4n) is 10.7. The lowest BCUT2D eigenvalue weighted by molar-refractivity contribution is -0.143. The van der Waals surface area contributed by atoms with Gasteiger partial charge in [0.1, 0.15) is 0 Å². The summed E-state index contributed by atoms with van der Waals surface area (Å²) in [6.07, 6.45) is 83.3. The number of carbonyl (C=O) groups excluding carboxylic acids is 2. The van der Waals surface area contributed by atoms with Gasteiger partial charge in [0.05, 0.1) is 25.4 Å². The minimum atomic E-state index is -0.662. The highest BCUT2D eigenvalue weighted by Gasteiger charge is 2.20. The third-order valence-corrected chi connectivity index (χ3v) is 15.9. The van der Waals surface area contributed by atoms with Gasteiger partial charge < -0.3 is 20.3 Å². The molecule has 448 valence electrons. The van der Waals surface area contributed by atoms with Gasteiger partial charge in [-0.3, -0.25) is 9.59 Å². The van der Waals surface area contributed by atoms with E-state index in [4.69, 9.17) is 4.74 Å². The Balaban J connectivity index is 3.35. The molecule has 0 heterocycles. The number of rotatable bonds is 64. The molecule has 0 radical (unpaired) electrons. The molecule has 3 N–H and O–H groups in total. The zero-order valence-electron chi connectivity index (χ0n) is 51.3. The number of esters is 1. The van der Waals surface area contributed by atoms with Crippen LogP contribution in [0.3, 0.4) is 0 Å². The molecule has 0 fully saturated rings. The van der Waals surface area contributed by atoms with Crippen molar-refractivity contribution in [3.05, 3.63) is 36.5 Å². The van der Waals surface area contributed by atoms with Gasteiger partial charge in [-0.05, 0) is 83.5 Å². The van der Waals surface area contributed by atoms with Gasteiger partial charge in [0.15, 0.2) is 0 Å². The van der Waals surface area contributed by atoms with E-state index >= 15 is 0 Å². The molecule has 1 amide bonds. The molecule has 76 heavy (non-hydrogen) atoms. The van der Waals surface area contributed by atoms with Crippen LogP contribution < -0.4 is 5.32 Å². The van der Waals surface area contributed by atoms with Crippen molar-refractivity contribution in [2.45, 2.75) is 386 Å². The summed E-state index contributed by atoms with van der Waals surface area (Å²) < 4.78 is 5.50. The molecule has 0 aromatic rings. The van der Waals surface area contributed by atoms with Gasteiger partial charge in [-0.15, -0.1) is 0 Å². The predicted octanol–water partition coefficient (Wildman–Crippen LogP) is 21.9. The van der Waals surface area contributed by atoms with Gasteiger partial charge >= 0.3 is 5.97 Å². The van der Waals surface area contributed by atoms with E-state index in [1.807, 2.05) is 0 Å². The molecule has 6 heteroatoms. The number of aliphatic hydroxyl groups excluding tert-OH is 2. The summed E-state index contributed by atoms with van der Waals surface area (Å²) in [5.74, 6) is -0.0230. The lowest BCUT2D eigenvalue weighted by atomic mass is 10.0. The fourth-order valence-corrected chi connectivity index (χ4v) is 10.7. The van der Waals surface area contributed by atoms with E-state index in [1.165, 1.54) is 289 Å². The maximum absolute atomic E-state index is 12.5. The number of aliphatic hydroxyl groups is 2. The van der Waals surface area contributed by atoms with E-state index in [0.29, 0.717) is 25.9 Å². The van der Waals surface area contributed by atoms with Crippen LogP contribution in [0.2, 0.25) is 0 Å². The molecule has 6 nitrogen and oxygen atoms in total. The first-order valence-corrected chi connectivity index (χ1v) is 34.2. The Kier molecular flexibility index (Phi) is 63.9. The maximum Gasteiger partial charge on any atom is 0.305 e. The Hall–Kier alpha value is -1.92. The molecule has 0 aliphatic heterocycles. The van der Waals surface area contributed by atoms with Gasteiger partial charge in [-0.1, -0.05) is 314 Å². The molecule has 0 aliphatic rings. The van der Waals surface area contributed by atoms with Crippen LogP contribution in [0.1, 0.15) is 373 Å². The Labute approximate surface area is 474 Å². The van der Waals surface area contributed by atoms with E-state index in [0.717, 1.165) is 51.4 Å². The first-order valence-electron chi connectivity index (χ1n) is 34.2. The highest BCUT2D eigenvalue weighted by Crippen LogP contribution is 2.18. The van der Waals surface area contributed by atoms with Crippen LogP contribution in [0.4, 0.5) is 0 Å². The van der Waals surface area contributed by atoms with Crippen LogP contribution in [0, 0.1) is 0 Å². The highest BCUT2D eigenvalue weighted by atomic mass is 16.5. The monoisotopic (exact) mass is 1070 g/mol. The molecule has 0 bridgehead atoms. The predicted molar refractivity (Wildman–Crippen MR) is 333 cm³/mol. The van der Waals surface area contributed by atoms with Crippen LogP contribution in [-0.4, -0.2) is 47.4 Å². The molecule has 0 aromatic carbocycles. The molecule has 0 aromatic heterocycles. The number of allylic oxidation sites excluding steroid dienone is 6. The summed E-state index contributed by atoms with van der Waals surface area (Å²) in [6.45, 7) is 4.94. The van der Waals surface area contributed by atoms with Gasteiger partial charge in [0.25, 0.3) is 0 Å². The second-order valence-corrected chi connectivity index (χ2v) is 23.5. The first kappa shape index (κ1) is 74.1. The second kappa shape index (κ2) is 65.6. The van der Waals surface area contributed by atoms with Crippen molar-refractivity contribution in [1.82, 2.24) is 5.32 Å². The standard InChI is InChI=1S/C70H133NO5/c1-3-5-7-9-11-13-15-17-18-33-37-40-44-48-52-56-60-64-70(75)76-65-61-57-53-49-45-41-38-35-32-30-28-26-24-22-20-19-21-23-25-27-29-31-34-36-39-43-47-51-55-59-63-69(74)71-67(66-72)68(73)62-58-54-50-46-42-16-14-12-10-8-6-4-2/h11,13,17-18,20,22,67-68,72-73H,3-10,12,14-16,19,21,23-66H2,1-2H3,(H,71,74)/b13-11-,18-17-,22-20-. The molecule has 0 saturated heterocycles. The van der Waals surface area contributed by atoms with Crippen molar-refractivity contribution in [2.24, 2.45) is 0 Å². The largest absolute Gasteiger partial charge is 0.466 e. The van der Waals surface area contributed by atoms with Gasteiger partial charge in [0, 0.05) is 12.8 Å². The summed E-state index contributed by atoms with van der Waals surface area (Å²) in [4.78, 5) is 24.6. The number of nitrogens with one attached hydrogen (secondary N) is 1. The van der Waals surface area contributed by atoms with Gasteiger partial charge in [0.2, 0.25) is 5.91 Å². The van der Waals surface area contributed by atoms with Crippen LogP contribution in [-0.2, 0) is 14.3 Å². The van der Waals surface area contributed by atoms with E-state index in [1.54, 1.807) is 0 Å². The summed E-state index contributed by atoms with van der Waals surface area (Å²) in [6, 6.07) is -0.539. The highest BCUT2D eigenvalue weighted by molar-refractivity contribution is 5.76. The van der Waals surface area contributed by atoms with E-state index in [-0.39, 0.29) is 18.5 Å². The van der Waals surface area contributed by atoms with Crippen LogP contribution in [0.25, 0.3) is 0 Å². The number of hydrogen-bond acceptors (Lipinski definition) is 5. The molecule has 2 unspecified atom stereocenters. The number of ether oxygens (including phenoxy) is 1. The lowest BCUT2D eigenvalue weighted by Gasteiger charge is -2.22. The smallest absolute Gasteiger partial charge is 0.305 e. The average molecular weight is 1070 g/mol. The zero-order valence-corrected chi connectivity index (χ0v) is 51.3. The van der Waals surface area contributed by atoms with Crippen molar-refractivity contribution in [1.29, 1.82) is 0 Å². The Morgan fingerprint density at radius 2 is 0.658 bits per heavy atom. The molecular weight excluding hydrogens is 935 g/mol. The molecular formula is C70H133NO5. The Morgan fingerprint density at radius 3 is 1.04 bits per heavy atom. The molecule has 0 aliphatic carbocycles. The minimum Gasteiger partial charge on any atom is -0.466 e. The number of carbonyl (C=O) groups is 2. The van der Waals surface area contributed by atoms with Crippen LogP contribution in [0.15, 0.2) is 36.5 Å². The maximum atomic E-state index is 12.5. The number of unbranched alkanes of at least 4 members (excludes halogenated alkanes) is 47. The molecule has 0 rings (SSSR count). The minimum absolute atomic E-state index is 0.00955. The Morgan fingerprint density at radius 1 is 0.368 bits per heavy atom. The number of hydrogen-bond donors (Lipinski definition) is 3. The first-order chi connectivity index (χ1) is 37.5. The SMILES string of the molecule is CCCCC/C=C\C/C=C\CCCCCCCCCC(=O)OCCCCCCCCCCCCCC/C=C\CCCCCCCCCCCCCCCCC(=O)NC(CO)C(O)CCCCCCCCCCCCCC. The summed E-state index contributed by atoms with van der Waals surface area (Å²) in [7, 11) is 0. The van der Waals surface area contributed by atoms with Crippen LogP contribution in [0.5, 0.6) is 0 Å². The van der Waals surface area contributed by atoms with E-state index < -0.39 is 12.1 Å². The van der Waals surface area contributed by atoms with E-state index in [9.17, 15) is 19.8 Å². The average Bonchev–Trinajstić information content (AvgIpc) is 3.42. The van der Waals surface area contributed by atoms with Crippen molar-refractivity contribution < 1.29 is 24.5 Å². The van der Waals surface area contributed by atoms with E-state index in [2.05, 4.69) is 55.6 Å². The molecule has 2 atom stereocenters. The number of amides is 1. The molecule has 0 saturated carbocycles. The van der Waals surface area contributed by atoms with Gasteiger partial charge in [-0.2, -0.15) is 0 Å². The quantitative estimate of drug-likeness (QED) is 0.0320. The van der Waals surface area contributed by atoms with Gasteiger partial charge in [-0.25, -0.2) is 0 Å². The normalized spacial score (nSPS) is 12.7. The summed E-state index contributed by atoms with van der Waals surface area (Å²) in [5, 5.41) is 23.2. The Bertz CT molecular complexity index is 1230. The molecule has 0 spiro atoms.